The molecular weight excluding hydrogens is 282 g/mol. The monoisotopic (exact) mass is 295 g/mol. The van der Waals surface area contributed by atoms with Crippen LogP contribution in [0, 0.1) is 0 Å². The highest BCUT2D eigenvalue weighted by Crippen LogP contribution is 2.16. The summed E-state index contributed by atoms with van der Waals surface area (Å²) in [5, 5.41) is 6.56. The third kappa shape index (κ3) is 3.32. The topological polar surface area (TPSA) is 54.9 Å². The Morgan fingerprint density at radius 2 is 2.00 bits per heavy atom. The van der Waals surface area contributed by atoms with Crippen molar-refractivity contribution in [2.24, 2.45) is 0 Å². The molecule has 104 valence electrons. The van der Waals surface area contributed by atoms with Crippen LogP contribution in [0.2, 0.25) is 0 Å². The van der Waals surface area contributed by atoms with Crippen LogP contribution in [0.1, 0.15) is 16.1 Å². The van der Waals surface area contributed by atoms with Crippen molar-refractivity contribution in [1.82, 2.24) is 15.3 Å². The predicted molar refractivity (Wildman–Crippen MR) is 83.0 cm³/mol. The zero-order valence-corrected chi connectivity index (χ0v) is 12.0. The van der Waals surface area contributed by atoms with Gasteiger partial charge in [-0.3, -0.25) is 4.79 Å². The van der Waals surface area contributed by atoms with E-state index in [1.54, 1.807) is 6.07 Å². The number of nitrogens with one attached hydrogen (secondary N) is 1. The van der Waals surface area contributed by atoms with Gasteiger partial charge in [-0.1, -0.05) is 30.3 Å². The van der Waals surface area contributed by atoms with Crippen molar-refractivity contribution in [3.63, 3.8) is 0 Å². The molecule has 21 heavy (non-hydrogen) atoms. The Balaban J connectivity index is 1.71. The van der Waals surface area contributed by atoms with E-state index in [9.17, 15) is 4.79 Å². The van der Waals surface area contributed by atoms with Gasteiger partial charge in [0, 0.05) is 16.5 Å². The van der Waals surface area contributed by atoms with Gasteiger partial charge in [0.05, 0.1) is 17.9 Å². The number of rotatable bonds is 4. The van der Waals surface area contributed by atoms with Crippen molar-refractivity contribution >= 4 is 17.2 Å². The Kier molecular flexibility index (Phi) is 4.02. The zero-order chi connectivity index (χ0) is 14.5. The molecule has 0 saturated carbocycles. The fraction of sp³-hybridized carbons (Fsp3) is 0.0625. The minimum atomic E-state index is -0.0869. The Morgan fingerprint density at radius 3 is 2.76 bits per heavy atom. The highest BCUT2D eigenvalue weighted by Gasteiger charge is 2.06. The molecule has 0 atom stereocenters. The van der Waals surface area contributed by atoms with Crippen molar-refractivity contribution in [3.05, 3.63) is 70.8 Å². The minimum absolute atomic E-state index is 0.0869. The SMILES string of the molecule is O=C(NCc1cc(-c2ccccc2)ncn1)c1ccsc1. The molecule has 0 saturated heterocycles. The van der Waals surface area contributed by atoms with Gasteiger partial charge in [-0.05, 0) is 17.5 Å². The molecule has 3 rings (SSSR count). The molecule has 5 heteroatoms. The maximum atomic E-state index is 11.9. The molecule has 2 aromatic heterocycles. The van der Waals surface area contributed by atoms with Gasteiger partial charge in [0.25, 0.3) is 5.91 Å². The lowest BCUT2D eigenvalue weighted by molar-refractivity contribution is 0.0951. The first-order chi connectivity index (χ1) is 10.3. The highest BCUT2D eigenvalue weighted by atomic mass is 32.1. The summed E-state index contributed by atoms with van der Waals surface area (Å²) >= 11 is 1.50. The van der Waals surface area contributed by atoms with Gasteiger partial charge in [-0.25, -0.2) is 9.97 Å². The standard InChI is InChI=1S/C16H13N3OS/c20-16(13-6-7-21-10-13)17-9-14-8-15(19-11-18-14)12-4-2-1-3-5-12/h1-8,10-11H,9H2,(H,17,20). The van der Waals surface area contributed by atoms with Crippen molar-refractivity contribution < 1.29 is 4.79 Å². The van der Waals surface area contributed by atoms with Gasteiger partial charge < -0.3 is 5.32 Å². The van der Waals surface area contributed by atoms with Crippen LogP contribution < -0.4 is 5.32 Å². The molecule has 3 aromatic rings. The van der Waals surface area contributed by atoms with Gasteiger partial charge in [-0.15, -0.1) is 0 Å². The lowest BCUT2D eigenvalue weighted by atomic mass is 10.1. The lowest BCUT2D eigenvalue weighted by Crippen LogP contribution is -2.22. The number of carbonyl (C=O) groups is 1. The van der Waals surface area contributed by atoms with Crippen molar-refractivity contribution in [1.29, 1.82) is 0 Å². The second-order valence-corrected chi connectivity index (χ2v) is 5.24. The fourth-order valence-electron chi connectivity index (χ4n) is 1.93. The molecule has 0 aliphatic heterocycles. The number of nitrogens with zero attached hydrogens (tertiary/aromatic N) is 2. The molecule has 0 spiro atoms. The van der Waals surface area contributed by atoms with E-state index in [4.69, 9.17) is 0 Å². The number of thiophene rings is 1. The summed E-state index contributed by atoms with van der Waals surface area (Å²) in [6, 6.07) is 13.6. The second-order valence-electron chi connectivity index (χ2n) is 4.46. The summed E-state index contributed by atoms with van der Waals surface area (Å²) in [5.41, 5.74) is 3.35. The maximum absolute atomic E-state index is 11.9. The number of amides is 1. The van der Waals surface area contributed by atoms with Crippen LogP contribution in [0.3, 0.4) is 0 Å². The third-order valence-corrected chi connectivity index (χ3v) is 3.69. The number of hydrogen-bond donors (Lipinski definition) is 1. The van der Waals surface area contributed by atoms with Gasteiger partial charge in [0.15, 0.2) is 0 Å². The smallest absolute Gasteiger partial charge is 0.252 e. The van der Waals surface area contributed by atoms with E-state index < -0.39 is 0 Å². The van der Waals surface area contributed by atoms with Crippen LogP contribution >= 0.6 is 11.3 Å². The number of hydrogen-bond acceptors (Lipinski definition) is 4. The fourth-order valence-corrected chi connectivity index (χ4v) is 2.56. The second kappa shape index (κ2) is 6.28. The van der Waals surface area contributed by atoms with Crippen molar-refractivity contribution in [2.75, 3.05) is 0 Å². The highest BCUT2D eigenvalue weighted by molar-refractivity contribution is 7.08. The molecule has 0 bridgehead atoms. The summed E-state index contributed by atoms with van der Waals surface area (Å²) in [6.45, 7) is 0.386. The van der Waals surface area contributed by atoms with E-state index >= 15 is 0 Å². The lowest BCUT2D eigenvalue weighted by Gasteiger charge is -2.05. The van der Waals surface area contributed by atoms with E-state index in [1.165, 1.54) is 17.7 Å². The largest absolute Gasteiger partial charge is 0.346 e. The summed E-state index contributed by atoms with van der Waals surface area (Å²) in [6.07, 6.45) is 1.52. The van der Waals surface area contributed by atoms with Crippen LogP contribution in [-0.2, 0) is 6.54 Å². The number of carbonyl (C=O) groups excluding carboxylic acids is 1. The number of aromatic nitrogens is 2. The zero-order valence-electron chi connectivity index (χ0n) is 11.2. The van der Waals surface area contributed by atoms with Crippen LogP contribution in [0.5, 0.6) is 0 Å². The molecule has 1 N–H and O–H groups in total. The third-order valence-electron chi connectivity index (χ3n) is 3.01. The summed E-state index contributed by atoms with van der Waals surface area (Å²) in [4.78, 5) is 20.3. The van der Waals surface area contributed by atoms with E-state index in [2.05, 4.69) is 15.3 Å². The van der Waals surface area contributed by atoms with Gasteiger partial charge in [0.2, 0.25) is 0 Å². The van der Waals surface area contributed by atoms with Gasteiger partial charge in [0.1, 0.15) is 6.33 Å². The van der Waals surface area contributed by atoms with Crippen molar-refractivity contribution in [2.45, 2.75) is 6.54 Å². The molecule has 4 nitrogen and oxygen atoms in total. The summed E-state index contributed by atoms with van der Waals surface area (Å²) in [7, 11) is 0. The molecule has 0 unspecified atom stereocenters. The Bertz CT molecular complexity index is 726. The van der Waals surface area contributed by atoms with Crippen LogP contribution in [0.15, 0.2) is 59.6 Å². The molecule has 1 aromatic carbocycles. The summed E-state index contributed by atoms with van der Waals surface area (Å²) in [5.74, 6) is -0.0869. The maximum Gasteiger partial charge on any atom is 0.252 e. The van der Waals surface area contributed by atoms with E-state index in [1.807, 2.05) is 47.2 Å². The molecule has 0 aliphatic rings. The molecule has 1 amide bonds. The Labute approximate surface area is 126 Å². The van der Waals surface area contributed by atoms with E-state index in [0.717, 1.165) is 17.0 Å². The average molecular weight is 295 g/mol. The molecular formula is C16H13N3OS. The first kappa shape index (κ1) is 13.5. The van der Waals surface area contributed by atoms with Crippen LogP contribution in [0.4, 0.5) is 0 Å². The first-order valence-electron chi connectivity index (χ1n) is 6.49. The Morgan fingerprint density at radius 1 is 1.14 bits per heavy atom. The minimum Gasteiger partial charge on any atom is -0.346 e. The van der Waals surface area contributed by atoms with Gasteiger partial charge >= 0.3 is 0 Å². The van der Waals surface area contributed by atoms with E-state index in [0.29, 0.717) is 12.1 Å². The molecule has 2 heterocycles. The molecule has 0 fully saturated rings. The van der Waals surface area contributed by atoms with Crippen LogP contribution in [-0.4, -0.2) is 15.9 Å². The summed E-state index contributed by atoms with van der Waals surface area (Å²) < 4.78 is 0. The average Bonchev–Trinajstić information content (AvgIpc) is 3.08. The first-order valence-corrected chi connectivity index (χ1v) is 7.44. The molecule has 0 aliphatic carbocycles. The van der Waals surface area contributed by atoms with E-state index in [-0.39, 0.29) is 5.91 Å². The predicted octanol–water partition coefficient (Wildman–Crippen LogP) is 3.14. The van der Waals surface area contributed by atoms with Gasteiger partial charge in [-0.2, -0.15) is 11.3 Å². The Hall–Kier alpha value is -2.53. The quantitative estimate of drug-likeness (QED) is 0.804. The van der Waals surface area contributed by atoms with Crippen molar-refractivity contribution in [3.8, 4) is 11.3 Å². The molecule has 0 radical (unpaired) electrons. The normalized spacial score (nSPS) is 10.3. The van der Waals surface area contributed by atoms with Crippen LogP contribution in [0.25, 0.3) is 11.3 Å². The number of benzene rings is 1.